The number of aromatic nitrogens is 2. The van der Waals surface area contributed by atoms with Gasteiger partial charge in [0.2, 0.25) is 0 Å². The van der Waals surface area contributed by atoms with Crippen molar-refractivity contribution in [2.75, 3.05) is 13.1 Å². The normalized spacial score (nSPS) is 12.2. The predicted octanol–water partition coefficient (Wildman–Crippen LogP) is 4.07. The lowest BCUT2D eigenvalue weighted by Crippen LogP contribution is -2.39. The van der Waals surface area contributed by atoms with E-state index < -0.39 is 6.10 Å². The van der Waals surface area contributed by atoms with Crippen LogP contribution in [0.5, 0.6) is 5.75 Å². The molecule has 0 amide bonds. The molecule has 1 aromatic heterocycles. The fourth-order valence-corrected chi connectivity index (χ4v) is 3.04. The molecule has 0 radical (unpaired) electrons. The molecule has 0 saturated heterocycles. The highest BCUT2D eigenvalue weighted by Gasteiger charge is 2.09. The molecule has 3 aromatic rings. The van der Waals surface area contributed by atoms with Gasteiger partial charge >= 0.3 is 0 Å². The van der Waals surface area contributed by atoms with Gasteiger partial charge in [0.25, 0.3) is 0 Å². The van der Waals surface area contributed by atoms with Gasteiger partial charge in [-0.1, -0.05) is 24.3 Å². The Bertz CT molecular complexity index is 942. The molecular formula is C24H32IN5O2. The molecule has 3 N–H and O–H groups in total. The van der Waals surface area contributed by atoms with Gasteiger partial charge < -0.3 is 20.5 Å². The summed E-state index contributed by atoms with van der Waals surface area (Å²) in [5, 5.41) is 21.2. The number of nitrogens with zero attached hydrogens (tertiary/aromatic N) is 3. The van der Waals surface area contributed by atoms with E-state index in [1.165, 1.54) is 0 Å². The summed E-state index contributed by atoms with van der Waals surface area (Å²) in [6, 6.07) is 17.6. The van der Waals surface area contributed by atoms with Crippen LogP contribution in [0.4, 0.5) is 0 Å². The lowest BCUT2D eigenvalue weighted by atomic mass is 10.1. The van der Waals surface area contributed by atoms with E-state index in [0.717, 1.165) is 29.1 Å². The first-order chi connectivity index (χ1) is 15.0. The van der Waals surface area contributed by atoms with Crippen LogP contribution in [-0.2, 0) is 6.54 Å². The van der Waals surface area contributed by atoms with Crippen LogP contribution in [0.25, 0.3) is 5.69 Å². The largest absolute Gasteiger partial charge is 0.491 e. The molecule has 3 rings (SSSR count). The first-order valence-corrected chi connectivity index (χ1v) is 10.6. The highest BCUT2D eigenvalue weighted by Crippen LogP contribution is 2.18. The van der Waals surface area contributed by atoms with Crippen molar-refractivity contribution in [3.63, 3.8) is 0 Å². The van der Waals surface area contributed by atoms with E-state index >= 15 is 0 Å². The number of rotatable bonds is 9. The number of ether oxygens (including phenoxy) is 1. The van der Waals surface area contributed by atoms with Crippen LogP contribution in [0.15, 0.2) is 72.0 Å². The highest BCUT2D eigenvalue weighted by molar-refractivity contribution is 14.0. The summed E-state index contributed by atoms with van der Waals surface area (Å²) in [4.78, 5) is 4.63. The van der Waals surface area contributed by atoms with Crippen LogP contribution < -0.4 is 15.4 Å². The topological polar surface area (TPSA) is 83.7 Å². The maximum Gasteiger partial charge on any atom is 0.191 e. The summed E-state index contributed by atoms with van der Waals surface area (Å²) in [5.41, 5.74) is 2.93. The lowest BCUT2D eigenvalue weighted by molar-refractivity contribution is 0.180. The molecule has 8 heteroatoms. The predicted molar refractivity (Wildman–Crippen MR) is 139 cm³/mol. The highest BCUT2D eigenvalue weighted by atomic mass is 127. The van der Waals surface area contributed by atoms with E-state index in [0.29, 0.717) is 19.0 Å². The molecule has 0 spiro atoms. The standard InChI is InChI=1S/C24H31N5O2.HI/c1-4-25-24(26-16-19-6-10-21(11-7-19)29-15-5-14-28-29)27-17-23(30)20-8-12-22(13-9-20)31-18(2)3;/h5-15,18,23,30H,4,16-17H2,1-3H3,(H2,25,26,27);1H. The van der Waals surface area contributed by atoms with Crippen LogP contribution in [0.2, 0.25) is 0 Å². The summed E-state index contributed by atoms with van der Waals surface area (Å²) in [5.74, 6) is 1.46. The Labute approximate surface area is 206 Å². The Kier molecular flexibility index (Phi) is 10.5. The van der Waals surface area contributed by atoms with E-state index in [1.807, 2.05) is 86.2 Å². The molecule has 2 aromatic carbocycles. The summed E-state index contributed by atoms with van der Waals surface area (Å²) in [6.45, 7) is 7.62. The van der Waals surface area contributed by atoms with Gasteiger partial charge in [-0.05, 0) is 62.2 Å². The van der Waals surface area contributed by atoms with Gasteiger partial charge in [-0.15, -0.1) is 24.0 Å². The van der Waals surface area contributed by atoms with Gasteiger partial charge in [0, 0.05) is 25.5 Å². The van der Waals surface area contributed by atoms with Crippen molar-refractivity contribution in [3.05, 3.63) is 78.1 Å². The second-order valence-corrected chi connectivity index (χ2v) is 7.44. The molecule has 32 heavy (non-hydrogen) atoms. The zero-order chi connectivity index (χ0) is 22.1. The third-order valence-corrected chi connectivity index (χ3v) is 4.57. The molecule has 0 aliphatic carbocycles. The van der Waals surface area contributed by atoms with Gasteiger partial charge in [-0.2, -0.15) is 5.10 Å². The van der Waals surface area contributed by atoms with Gasteiger partial charge in [-0.3, -0.25) is 0 Å². The average molecular weight is 549 g/mol. The number of halogens is 1. The van der Waals surface area contributed by atoms with Crippen molar-refractivity contribution in [2.24, 2.45) is 4.99 Å². The molecule has 1 atom stereocenters. The Morgan fingerprint density at radius 3 is 2.41 bits per heavy atom. The molecule has 172 valence electrons. The number of hydrogen-bond acceptors (Lipinski definition) is 4. The summed E-state index contributed by atoms with van der Waals surface area (Å²) in [7, 11) is 0. The molecule has 7 nitrogen and oxygen atoms in total. The van der Waals surface area contributed by atoms with Gasteiger partial charge in [0.05, 0.1) is 24.4 Å². The van der Waals surface area contributed by atoms with E-state index in [2.05, 4.69) is 20.7 Å². The van der Waals surface area contributed by atoms with Crippen LogP contribution in [0.1, 0.15) is 38.0 Å². The molecule has 0 aliphatic rings. The van der Waals surface area contributed by atoms with Crippen LogP contribution in [0, 0.1) is 0 Å². The summed E-state index contributed by atoms with van der Waals surface area (Å²) < 4.78 is 7.47. The molecule has 0 aliphatic heterocycles. The van der Waals surface area contributed by atoms with Crippen LogP contribution in [0.3, 0.4) is 0 Å². The zero-order valence-corrected chi connectivity index (χ0v) is 21.1. The third-order valence-electron chi connectivity index (χ3n) is 4.57. The van der Waals surface area contributed by atoms with Crippen molar-refractivity contribution in [2.45, 2.75) is 39.5 Å². The molecular weight excluding hydrogens is 517 g/mol. The van der Waals surface area contributed by atoms with Crippen LogP contribution in [-0.4, -0.2) is 40.0 Å². The summed E-state index contributed by atoms with van der Waals surface area (Å²) in [6.07, 6.45) is 3.15. The smallest absolute Gasteiger partial charge is 0.191 e. The molecule has 0 fully saturated rings. The van der Waals surface area contributed by atoms with E-state index in [-0.39, 0.29) is 30.1 Å². The maximum absolute atomic E-state index is 10.5. The van der Waals surface area contributed by atoms with Crippen molar-refractivity contribution in [3.8, 4) is 11.4 Å². The Hall–Kier alpha value is -2.59. The fraction of sp³-hybridized carbons (Fsp3) is 0.333. The van der Waals surface area contributed by atoms with Crippen molar-refractivity contribution in [1.29, 1.82) is 0 Å². The number of benzene rings is 2. The number of aliphatic hydroxyl groups is 1. The fourth-order valence-electron chi connectivity index (χ4n) is 3.04. The first-order valence-electron chi connectivity index (χ1n) is 10.6. The second kappa shape index (κ2) is 13.1. The van der Waals surface area contributed by atoms with E-state index in [4.69, 9.17) is 4.74 Å². The monoisotopic (exact) mass is 549 g/mol. The Balaban J connectivity index is 0.00000363. The molecule has 0 bridgehead atoms. The zero-order valence-electron chi connectivity index (χ0n) is 18.7. The average Bonchev–Trinajstić information content (AvgIpc) is 3.31. The molecule has 0 saturated carbocycles. The van der Waals surface area contributed by atoms with Gasteiger partial charge in [0.15, 0.2) is 5.96 Å². The Morgan fingerprint density at radius 2 is 1.81 bits per heavy atom. The SMILES string of the molecule is CCNC(=NCc1ccc(-n2cccn2)cc1)NCC(O)c1ccc(OC(C)C)cc1.I. The van der Waals surface area contributed by atoms with Crippen molar-refractivity contribution >= 4 is 29.9 Å². The number of guanidine groups is 1. The first kappa shape index (κ1) is 25.7. The second-order valence-electron chi connectivity index (χ2n) is 7.44. The number of aliphatic imine (C=N–C) groups is 1. The van der Waals surface area contributed by atoms with Crippen molar-refractivity contribution < 1.29 is 9.84 Å². The van der Waals surface area contributed by atoms with Gasteiger partial charge in [0.1, 0.15) is 5.75 Å². The van der Waals surface area contributed by atoms with Gasteiger partial charge in [-0.25, -0.2) is 9.67 Å². The number of nitrogens with one attached hydrogen (secondary N) is 2. The lowest BCUT2D eigenvalue weighted by Gasteiger charge is -2.16. The van der Waals surface area contributed by atoms with Crippen LogP contribution >= 0.6 is 24.0 Å². The van der Waals surface area contributed by atoms with Crippen molar-refractivity contribution in [1.82, 2.24) is 20.4 Å². The quantitative estimate of drug-likeness (QED) is 0.213. The number of hydrogen-bond donors (Lipinski definition) is 3. The minimum atomic E-state index is -0.648. The maximum atomic E-state index is 10.5. The summed E-state index contributed by atoms with van der Waals surface area (Å²) >= 11 is 0. The minimum absolute atomic E-state index is 0. The molecule has 1 unspecified atom stereocenters. The van der Waals surface area contributed by atoms with E-state index in [9.17, 15) is 5.11 Å². The number of aliphatic hydroxyl groups excluding tert-OH is 1. The van der Waals surface area contributed by atoms with E-state index in [1.54, 1.807) is 6.20 Å². The molecule has 1 heterocycles. The third kappa shape index (κ3) is 7.83. The Morgan fingerprint density at radius 1 is 1.09 bits per heavy atom. The minimum Gasteiger partial charge on any atom is -0.491 e.